The molecule has 0 aliphatic carbocycles. The third kappa shape index (κ3) is 4.27. The summed E-state index contributed by atoms with van der Waals surface area (Å²) in [6.45, 7) is 0. The molecular formula is C43H25N3O. The standard InChI is InChI=1S/C43H25N3O/c1-2-9-28-21-32(16-13-26(28)7-1)41-44-42(33-17-19-36-31(22-33)15-14-27-8-5-6-12-35(27)36)46-43(45-41)34-18-20-39-37(24-34)38-23-29-10-3-4-11-30(29)25-40(38)47-39/h1-25H. The van der Waals surface area contributed by atoms with Crippen molar-refractivity contribution >= 4 is 65.0 Å². The molecule has 4 nitrogen and oxygen atoms in total. The van der Waals surface area contributed by atoms with E-state index in [0.29, 0.717) is 17.5 Å². The van der Waals surface area contributed by atoms with Gasteiger partial charge in [0.15, 0.2) is 17.5 Å². The summed E-state index contributed by atoms with van der Waals surface area (Å²) in [5.41, 5.74) is 4.50. The SMILES string of the molecule is c1ccc2cc(-c3nc(-c4ccc5c(ccc6ccccc65)c4)nc(-c4ccc5oc6cc7ccccc7cc6c5c4)n3)ccc2c1. The molecule has 47 heavy (non-hydrogen) atoms. The summed E-state index contributed by atoms with van der Waals surface area (Å²) in [5.74, 6) is 1.89. The van der Waals surface area contributed by atoms with E-state index in [4.69, 9.17) is 19.4 Å². The third-order valence-electron chi connectivity index (χ3n) is 9.24. The molecule has 218 valence electrons. The van der Waals surface area contributed by atoms with E-state index in [1.807, 2.05) is 12.1 Å². The zero-order chi connectivity index (χ0) is 30.9. The van der Waals surface area contributed by atoms with E-state index in [9.17, 15) is 0 Å². The molecule has 0 saturated carbocycles. The summed E-state index contributed by atoms with van der Waals surface area (Å²) >= 11 is 0. The molecule has 0 aliphatic rings. The van der Waals surface area contributed by atoms with Gasteiger partial charge in [-0.3, -0.25) is 0 Å². The van der Waals surface area contributed by atoms with Crippen LogP contribution in [0.3, 0.4) is 0 Å². The normalized spacial score (nSPS) is 11.8. The van der Waals surface area contributed by atoms with Crippen molar-refractivity contribution in [2.75, 3.05) is 0 Å². The molecule has 0 N–H and O–H groups in total. The molecule has 0 fully saturated rings. The highest BCUT2D eigenvalue weighted by Gasteiger charge is 2.16. The van der Waals surface area contributed by atoms with Crippen LogP contribution >= 0.6 is 0 Å². The van der Waals surface area contributed by atoms with E-state index in [2.05, 4.69) is 140 Å². The Kier molecular flexibility index (Phi) is 5.54. The molecule has 0 radical (unpaired) electrons. The van der Waals surface area contributed by atoms with Gasteiger partial charge in [0.05, 0.1) is 0 Å². The minimum Gasteiger partial charge on any atom is -0.456 e. The van der Waals surface area contributed by atoms with Crippen molar-refractivity contribution in [3.05, 3.63) is 152 Å². The lowest BCUT2D eigenvalue weighted by Gasteiger charge is -2.10. The average Bonchev–Trinajstić information content (AvgIpc) is 3.49. The number of nitrogens with zero attached hydrogens (tertiary/aromatic N) is 3. The van der Waals surface area contributed by atoms with Crippen LogP contribution in [0.1, 0.15) is 0 Å². The Bertz CT molecular complexity index is 2870. The first-order chi connectivity index (χ1) is 23.2. The molecule has 0 amide bonds. The molecule has 0 unspecified atom stereocenters. The van der Waals surface area contributed by atoms with Gasteiger partial charge in [0.2, 0.25) is 0 Å². The quantitative estimate of drug-likeness (QED) is 0.190. The first-order valence-electron chi connectivity index (χ1n) is 15.8. The molecule has 0 aliphatic heterocycles. The summed E-state index contributed by atoms with van der Waals surface area (Å²) in [4.78, 5) is 15.2. The summed E-state index contributed by atoms with van der Waals surface area (Å²) in [7, 11) is 0. The maximum atomic E-state index is 6.30. The second kappa shape index (κ2) is 10.1. The second-order valence-electron chi connectivity index (χ2n) is 12.1. The maximum Gasteiger partial charge on any atom is 0.164 e. The number of rotatable bonds is 3. The van der Waals surface area contributed by atoms with Crippen LogP contribution in [0.5, 0.6) is 0 Å². The van der Waals surface area contributed by atoms with Crippen molar-refractivity contribution in [2.24, 2.45) is 0 Å². The predicted molar refractivity (Wildman–Crippen MR) is 193 cm³/mol. The minimum absolute atomic E-state index is 0.619. The van der Waals surface area contributed by atoms with Crippen LogP contribution in [0.25, 0.3) is 99.2 Å². The van der Waals surface area contributed by atoms with Gasteiger partial charge >= 0.3 is 0 Å². The molecule has 4 heteroatoms. The van der Waals surface area contributed by atoms with E-state index < -0.39 is 0 Å². The Hall–Kier alpha value is -6.39. The fourth-order valence-electron chi connectivity index (χ4n) is 6.85. The first kappa shape index (κ1) is 25.9. The van der Waals surface area contributed by atoms with E-state index in [1.165, 1.54) is 26.9 Å². The van der Waals surface area contributed by atoms with Crippen LogP contribution in [-0.2, 0) is 0 Å². The summed E-state index contributed by atoms with van der Waals surface area (Å²) < 4.78 is 6.30. The highest BCUT2D eigenvalue weighted by Crippen LogP contribution is 2.36. The van der Waals surface area contributed by atoms with Crippen LogP contribution in [0.2, 0.25) is 0 Å². The zero-order valence-corrected chi connectivity index (χ0v) is 25.2. The van der Waals surface area contributed by atoms with Gasteiger partial charge in [0.1, 0.15) is 11.2 Å². The number of hydrogen-bond donors (Lipinski definition) is 0. The van der Waals surface area contributed by atoms with Gasteiger partial charge in [-0.05, 0) is 85.6 Å². The summed E-state index contributed by atoms with van der Waals surface area (Å²) in [5, 5.41) is 11.6. The average molecular weight is 600 g/mol. The van der Waals surface area contributed by atoms with Crippen LogP contribution in [0.4, 0.5) is 0 Å². The van der Waals surface area contributed by atoms with Crippen LogP contribution < -0.4 is 0 Å². The maximum absolute atomic E-state index is 6.30. The number of aromatic nitrogens is 3. The first-order valence-corrected chi connectivity index (χ1v) is 15.8. The van der Waals surface area contributed by atoms with Crippen LogP contribution in [-0.4, -0.2) is 15.0 Å². The number of benzene rings is 8. The Balaban J connectivity index is 1.18. The molecule has 0 spiro atoms. The Morgan fingerprint density at radius 3 is 1.55 bits per heavy atom. The highest BCUT2D eigenvalue weighted by molar-refractivity contribution is 6.11. The third-order valence-corrected chi connectivity index (χ3v) is 9.24. The number of hydrogen-bond acceptors (Lipinski definition) is 4. The largest absolute Gasteiger partial charge is 0.456 e. The molecule has 2 aromatic heterocycles. The van der Waals surface area contributed by atoms with Crippen molar-refractivity contribution in [3.63, 3.8) is 0 Å². The molecule has 8 aromatic carbocycles. The minimum atomic E-state index is 0.619. The Morgan fingerprint density at radius 1 is 0.298 bits per heavy atom. The van der Waals surface area contributed by atoms with Crippen molar-refractivity contribution < 1.29 is 4.42 Å². The predicted octanol–water partition coefficient (Wildman–Crippen LogP) is 11.4. The molecule has 0 bridgehead atoms. The second-order valence-corrected chi connectivity index (χ2v) is 12.1. The Morgan fingerprint density at radius 2 is 0.787 bits per heavy atom. The fraction of sp³-hybridized carbons (Fsp3) is 0. The fourth-order valence-corrected chi connectivity index (χ4v) is 6.85. The monoisotopic (exact) mass is 599 g/mol. The van der Waals surface area contributed by atoms with Crippen molar-refractivity contribution in [2.45, 2.75) is 0 Å². The molecule has 10 rings (SSSR count). The van der Waals surface area contributed by atoms with Crippen LogP contribution in [0.15, 0.2) is 156 Å². The van der Waals surface area contributed by atoms with Crippen LogP contribution in [0, 0.1) is 0 Å². The number of furan rings is 1. The van der Waals surface area contributed by atoms with E-state index >= 15 is 0 Å². The van der Waals surface area contributed by atoms with Gasteiger partial charge in [0, 0.05) is 27.5 Å². The zero-order valence-electron chi connectivity index (χ0n) is 25.2. The molecule has 2 heterocycles. The lowest BCUT2D eigenvalue weighted by Crippen LogP contribution is -2.00. The van der Waals surface area contributed by atoms with Gasteiger partial charge in [-0.2, -0.15) is 0 Å². The van der Waals surface area contributed by atoms with Gasteiger partial charge in [-0.15, -0.1) is 0 Å². The summed E-state index contributed by atoms with van der Waals surface area (Å²) in [6.07, 6.45) is 0. The van der Waals surface area contributed by atoms with Crippen molar-refractivity contribution in [3.8, 4) is 34.2 Å². The van der Waals surface area contributed by atoms with Gasteiger partial charge < -0.3 is 4.42 Å². The molecular weight excluding hydrogens is 574 g/mol. The van der Waals surface area contributed by atoms with Gasteiger partial charge in [-0.25, -0.2) is 15.0 Å². The topological polar surface area (TPSA) is 51.8 Å². The number of fused-ring (bicyclic) bond motifs is 8. The van der Waals surface area contributed by atoms with Crippen molar-refractivity contribution in [1.29, 1.82) is 0 Å². The Labute approximate surface area is 269 Å². The van der Waals surface area contributed by atoms with E-state index in [0.717, 1.165) is 54.8 Å². The molecule has 0 saturated heterocycles. The summed E-state index contributed by atoms with van der Waals surface area (Å²) in [6, 6.07) is 53.0. The smallest absolute Gasteiger partial charge is 0.164 e. The van der Waals surface area contributed by atoms with Crippen molar-refractivity contribution in [1.82, 2.24) is 15.0 Å². The lowest BCUT2D eigenvalue weighted by molar-refractivity contribution is 0.669. The highest BCUT2D eigenvalue weighted by atomic mass is 16.3. The van der Waals surface area contributed by atoms with E-state index in [-0.39, 0.29) is 0 Å². The van der Waals surface area contributed by atoms with Gasteiger partial charge in [0.25, 0.3) is 0 Å². The lowest BCUT2D eigenvalue weighted by atomic mass is 10.00. The molecule has 0 atom stereocenters. The van der Waals surface area contributed by atoms with E-state index in [1.54, 1.807) is 0 Å². The molecule has 10 aromatic rings. The van der Waals surface area contributed by atoms with Gasteiger partial charge in [-0.1, -0.05) is 109 Å².